The van der Waals surface area contributed by atoms with Gasteiger partial charge in [0.25, 0.3) is 6.47 Å². The van der Waals surface area contributed by atoms with Crippen LogP contribution >= 0.6 is 0 Å². The van der Waals surface area contributed by atoms with Crippen molar-refractivity contribution in [3.63, 3.8) is 0 Å². The van der Waals surface area contributed by atoms with Gasteiger partial charge in [-0.3, -0.25) is 4.79 Å². The molecule has 1 aliphatic heterocycles. The first-order valence-electron chi connectivity index (χ1n) is 11.4. The van der Waals surface area contributed by atoms with Gasteiger partial charge in [-0.1, -0.05) is 0 Å². The number of nitrogens with one attached hydrogen (secondary N) is 2. The van der Waals surface area contributed by atoms with E-state index in [0.717, 1.165) is 17.8 Å². The van der Waals surface area contributed by atoms with Crippen molar-refractivity contribution >= 4 is 42.8 Å². The van der Waals surface area contributed by atoms with E-state index in [1.165, 1.54) is 4.52 Å². The van der Waals surface area contributed by atoms with Crippen molar-refractivity contribution < 1.29 is 26.1 Å². The predicted molar refractivity (Wildman–Crippen MR) is 139 cm³/mol. The van der Waals surface area contributed by atoms with Gasteiger partial charge in [-0.15, -0.1) is 0 Å². The predicted octanol–water partition coefficient (Wildman–Crippen LogP) is 2.90. The maximum atomic E-state index is 14.5. The van der Waals surface area contributed by atoms with Gasteiger partial charge in [-0.2, -0.15) is 0 Å². The van der Waals surface area contributed by atoms with E-state index in [1.807, 2.05) is 37.1 Å². The molecule has 1 radical (unpaired) electrons. The molecular weight excluding hydrogens is 554 g/mol. The van der Waals surface area contributed by atoms with E-state index in [-0.39, 0.29) is 23.2 Å². The second-order valence-corrected chi connectivity index (χ2v) is 10.1. The summed E-state index contributed by atoms with van der Waals surface area (Å²) in [7, 11) is 3.47. The van der Waals surface area contributed by atoms with Gasteiger partial charge in [-0.05, 0) is 0 Å². The summed E-state index contributed by atoms with van der Waals surface area (Å²) < 4.78 is 49.4. The van der Waals surface area contributed by atoms with Crippen LogP contribution in [0.25, 0.3) is 5.52 Å². The minimum atomic E-state index is -4.07. The van der Waals surface area contributed by atoms with Crippen molar-refractivity contribution in [1.29, 1.82) is 0 Å². The van der Waals surface area contributed by atoms with Crippen LogP contribution in [-0.2, 0) is 4.79 Å². The first-order chi connectivity index (χ1) is 17.8. The second-order valence-electron chi connectivity index (χ2n) is 8.38. The van der Waals surface area contributed by atoms with E-state index in [4.69, 9.17) is 14.6 Å². The summed E-state index contributed by atoms with van der Waals surface area (Å²) in [4.78, 5) is 10.3. The smallest absolute Gasteiger partial charge is 0.290 e. The number of anilines is 2. The molecule has 1 fully saturated rings. The molecule has 0 saturated carbocycles. The summed E-state index contributed by atoms with van der Waals surface area (Å²) in [5.41, 5.74) is 2.20. The van der Waals surface area contributed by atoms with Crippen LogP contribution in [0, 0.1) is 18.8 Å². The Kier molecular flexibility index (Phi) is 10.1. The van der Waals surface area contributed by atoms with Gasteiger partial charge in [0.05, 0.1) is 0 Å². The van der Waals surface area contributed by atoms with E-state index in [2.05, 4.69) is 27.6 Å². The molecule has 199 valence electrons. The Morgan fingerprint density at radius 3 is 2.76 bits per heavy atom. The molecule has 3 N–H and O–H groups in total. The molecule has 1 saturated heterocycles. The molecule has 3 heterocycles. The number of piperidine rings is 1. The van der Waals surface area contributed by atoms with Crippen LogP contribution in [0.1, 0.15) is 17.7 Å². The van der Waals surface area contributed by atoms with Crippen molar-refractivity contribution in [3.05, 3.63) is 47.7 Å². The maximum absolute atomic E-state index is 14.5. The molecule has 3 aromatic rings. The van der Waals surface area contributed by atoms with E-state index in [0.29, 0.717) is 30.0 Å². The molecule has 4 rings (SSSR count). The summed E-state index contributed by atoms with van der Waals surface area (Å²) in [5, 5.41) is 17.6. The molecule has 12 heteroatoms. The van der Waals surface area contributed by atoms with Crippen LogP contribution in [0.2, 0.25) is 0 Å². The number of likely N-dealkylation sites (tertiary alicyclic amines) is 1. The van der Waals surface area contributed by atoms with Gasteiger partial charge in [0.1, 0.15) is 0 Å². The zero-order valence-corrected chi connectivity index (χ0v) is 22.4. The minimum Gasteiger partial charge on any atom is -0.483 e. The van der Waals surface area contributed by atoms with Gasteiger partial charge in [0.2, 0.25) is 0 Å². The normalized spacial score (nSPS) is 17.4. The molecule has 8 nitrogen and oxygen atoms in total. The Hall–Kier alpha value is -3.39. The molecule has 2 atom stereocenters. The number of carboxylic acid groups (broad SMARTS) is 1. The average molecular weight is 583 g/mol. The number of benzene rings is 1. The summed E-state index contributed by atoms with van der Waals surface area (Å²) >= 11 is -4.07. The number of alkyl halides is 1. The van der Waals surface area contributed by atoms with E-state index < -0.39 is 27.0 Å². The number of aryl methyl sites for hydroxylation is 1. The van der Waals surface area contributed by atoms with Crippen LogP contribution in [-0.4, -0.2) is 86.9 Å². The Labute approximate surface area is 218 Å². The van der Waals surface area contributed by atoms with Crippen molar-refractivity contribution in [3.8, 4) is 17.6 Å². The molecule has 0 bridgehead atoms. The SMILES string of the molecule is COc1cc(C)ccc1NCC#Cc1nn2c(NC3CCN(C)CC3F)cccc2c1[Se](F)F.O=CO. The van der Waals surface area contributed by atoms with Gasteiger partial charge in [-0.25, -0.2) is 0 Å². The standard InChI is InChI=1S/C24H27F3N5OSe.CH2O2/c1-16-9-10-19(22(14-16)33-3)28-12-5-6-20-24(34(26)27)21-7-4-8-23(32(21)30-20)29-18-11-13-31(2)15-17(18)25;2-1-3/h4,7-10,14,17-18,28-29H,11-13,15H2,1-3H3;1H,(H,2,3). The van der Waals surface area contributed by atoms with E-state index in [9.17, 15) is 11.5 Å². The van der Waals surface area contributed by atoms with Crippen LogP contribution in [0.3, 0.4) is 0 Å². The topological polar surface area (TPSA) is 91.1 Å². The third-order valence-electron chi connectivity index (χ3n) is 5.78. The van der Waals surface area contributed by atoms with Crippen molar-refractivity contribution in [2.75, 3.05) is 44.4 Å². The molecule has 2 aromatic heterocycles. The number of nitrogens with zero attached hydrogens (tertiary/aromatic N) is 3. The Morgan fingerprint density at radius 2 is 2.08 bits per heavy atom. The summed E-state index contributed by atoms with van der Waals surface area (Å²) in [5.74, 6) is 6.87. The number of hydrogen-bond acceptors (Lipinski definition) is 6. The number of carbonyl (C=O) groups is 1. The fourth-order valence-corrected chi connectivity index (χ4v) is 5.17. The van der Waals surface area contributed by atoms with Crippen LogP contribution in [0.15, 0.2) is 36.4 Å². The van der Waals surface area contributed by atoms with Gasteiger partial charge in [0, 0.05) is 0 Å². The molecule has 0 aliphatic carbocycles. The van der Waals surface area contributed by atoms with E-state index in [1.54, 1.807) is 25.3 Å². The number of methoxy groups -OCH3 is 1. The van der Waals surface area contributed by atoms with Crippen molar-refractivity contribution in [2.45, 2.75) is 25.6 Å². The minimum absolute atomic E-state index is 0.0575. The molecule has 1 aromatic carbocycles. The number of aromatic nitrogens is 2. The molecule has 0 spiro atoms. The van der Waals surface area contributed by atoms with E-state index >= 15 is 0 Å². The zero-order chi connectivity index (χ0) is 26.9. The maximum Gasteiger partial charge on any atom is 0.290 e. The Balaban J connectivity index is 0.00000121. The third-order valence-corrected chi connectivity index (χ3v) is 7.27. The molecule has 0 amide bonds. The molecule has 37 heavy (non-hydrogen) atoms. The number of hydrogen-bond donors (Lipinski definition) is 3. The summed E-state index contributed by atoms with van der Waals surface area (Å²) in [6, 6.07) is 10.3. The van der Waals surface area contributed by atoms with Crippen LogP contribution in [0.4, 0.5) is 23.0 Å². The summed E-state index contributed by atoms with van der Waals surface area (Å²) in [6.45, 7) is 3.04. The van der Waals surface area contributed by atoms with Crippen molar-refractivity contribution in [1.82, 2.24) is 14.5 Å². The zero-order valence-electron chi connectivity index (χ0n) is 20.7. The van der Waals surface area contributed by atoms with Gasteiger partial charge in [0.15, 0.2) is 0 Å². The summed E-state index contributed by atoms with van der Waals surface area (Å²) in [6.07, 6.45) is -0.442. The fraction of sp³-hybridized carbons (Fsp3) is 0.360. The average Bonchev–Trinajstić information content (AvgIpc) is 3.24. The second kappa shape index (κ2) is 13.2. The van der Waals surface area contributed by atoms with Gasteiger partial charge >= 0.3 is 202 Å². The molecule has 1 aliphatic rings. The number of halogens is 3. The first kappa shape index (κ1) is 28.2. The molecular formula is C25H29F3N5O3Se. The third kappa shape index (κ3) is 7.10. The quantitative estimate of drug-likeness (QED) is 0.234. The monoisotopic (exact) mass is 584 g/mol. The number of ether oxygens (including phenoxy) is 1. The van der Waals surface area contributed by atoms with Gasteiger partial charge < -0.3 is 5.11 Å². The first-order valence-corrected chi connectivity index (χ1v) is 13.6. The Morgan fingerprint density at radius 1 is 1.32 bits per heavy atom. The largest absolute Gasteiger partial charge is 0.483 e. The number of pyridine rings is 1. The van der Waals surface area contributed by atoms with Crippen LogP contribution in [0.5, 0.6) is 5.75 Å². The number of rotatable bonds is 6. The fourth-order valence-electron chi connectivity index (χ4n) is 4.01. The van der Waals surface area contributed by atoms with Crippen molar-refractivity contribution in [2.24, 2.45) is 0 Å². The Bertz CT molecular complexity index is 1280. The number of fused-ring (bicyclic) bond motifs is 1. The molecule has 2 unspecified atom stereocenters. The van der Waals surface area contributed by atoms with Crippen LogP contribution < -0.4 is 19.8 Å².